The molecule has 0 spiro atoms. The van der Waals surface area contributed by atoms with Crippen molar-refractivity contribution in [2.75, 3.05) is 23.4 Å². The van der Waals surface area contributed by atoms with Gasteiger partial charge in [0.1, 0.15) is 0 Å². The number of pyridine rings is 1. The molecule has 0 bridgehead atoms. The molecule has 0 radical (unpaired) electrons. The van der Waals surface area contributed by atoms with Crippen LogP contribution in [0.1, 0.15) is 24.4 Å². The minimum atomic E-state index is -4.97. The standard InChI is InChI=1S/C25H22F3N5O3/c1-31-20-7-4-5-17(18-6-2-3-11-29-18)23(20)22-13-15(30-24(34)25(26,27)28)10-12-32(22)19-9-8-16(33(35)36)14-21(19)31/h2-9,11,14-15,22H,10,12-13H2,1H3,(H,30,34)/t15-,22-/m0/s1. The molecular formula is C25H22F3N5O3. The first-order valence-electron chi connectivity index (χ1n) is 11.4. The fraction of sp³-hybridized carbons (Fsp3) is 0.280. The van der Waals surface area contributed by atoms with Crippen LogP contribution in [0.5, 0.6) is 0 Å². The van der Waals surface area contributed by atoms with Gasteiger partial charge in [-0.2, -0.15) is 13.2 Å². The van der Waals surface area contributed by atoms with Gasteiger partial charge in [-0.1, -0.05) is 18.2 Å². The Morgan fingerprint density at radius 3 is 2.61 bits per heavy atom. The Bertz CT molecular complexity index is 1330. The normalized spacial score (nSPS) is 19.0. The molecule has 1 saturated heterocycles. The lowest BCUT2D eigenvalue weighted by atomic mass is 9.87. The van der Waals surface area contributed by atoms with Crippen molar-refractivity contribution < 1.29 is 22.9 Å². The molecule has 0 unspecified atom stereocenters. The fourth-order valence-corrected chi connectivity index (χ4v) is 5.13. The minimum Gasteiger partial charge on any atom is -0.363 e. The van der Waals surface area contributed by atoms with Gasteiger partial charge in [0.25, 0.3) is 5.69 Å². The summed E-state index contributed by atoms with van der Waals surface area (Å²) < 4.78 is 39.0. The van der Waals surface area contributed by atoms with Gasteiger partial charge < -0.3 is 15.1 Å². The molecule has 2 atom stereocenters. The average Bonchev–Trinajstić information content (AvgIpc) is 2.97. The van der Waals surface area contributed by atoms with E-state index in [4.69, 9.17) is 0 Å². The first kappa shape index (κ1) is 23.6. The van der Waals surface area contributed by atoms with Crippen molar-refractivity contribution in [3.63, 3.8) is 0 Å². The largest absolute Gasteiger partial charge is 0.471 e. The number of amides is 1. The fourth-order valence-electron chi connectivity index (χ4n) is 5.13. The van der Waals surface area contributed by atoms with Crippen molar-refractivity contribution >= 4 is 28.7 Å². The smallest absolute Gasteiger partial charge is 0.363 e. The summed E-state index contributed by atoms with van der Waals surface area (Å²) in [5, 5.41) is 13.7. The van der Waals surface area contributed by atoms with E-state index in [1.165, 1.54) is 12.1 Å². The van der Waals surface area contributed by atoms with E-state index >= 15 is 0 Å². The molecule has 0 aliphatic carbocycles. The zero-order valence-electron chi connectivity index (χ0n) is 19.2. The van der Waals surface area contributed by atoms with Crippen molar-refractivity contribution in [2.45, 2.75) is 31.1 Å². The van der Waals surface area contributed by atoms with Crippen LogP contribution in [0, 0.1) is 10.1 Å². The number of rotatable bonds is 3. The highest BCUT2D eigenvalue weighted by molar-refractivity contribution is 5.87. The quantitative estimate of drug-likeness (QED) is 0.399. The van der Waals surface area contributed by atoms with Gasteiger partial charge in [-0.25, -0.2) is 0 Å². The van der Waals surface area contributed by atoms with E-state index in [-0.39, 0.29) is 12.1 Å². The van der Waals surface area contributed by atoms with Crippen LogP contribution in [0.4, 0.5) is 35.9 Å². The van der Waals surface area contributed by atoms with Crippen molar-refractivity contribution in [2.24, 2.45) is 0 Å². The maximum atomic E-state index is 13.0. The number of halogens is 3. The van der Waals surface area contributed by atoms with Crippen molar-refractivity contribution in [1.29, 1.82) is 0 Å². The average molecular weight is 497 g/mol. The molecule has 1 N–H and O–H groups in total. The van der Waals surface area contributed by atoms with Gasteiger partial charge in [-0.05, 0) is 37.1 Å². The van der Waals surface area contributed by atoms with Crippen LogP contribution in [0.3, 0.4) is 0 Å². The van der Waals surface area contributed by atoms with Gasteiger partial charge in [0.2, 0.25) is 0 Å². The number of fused-ring (bicyclic) bond motifs is 5. The Kier molecular flexibility index (Phi) is 5.77. The zero-order valence-corrected chi connectivity index (χ0v) is 19.2. The van der Waals surface area contributed by atoms with E-state index in [0.717, 1.165) is 22.5 Å². The van der Waals surface area contributed by atoms with Gasteiger partial charge in [0, 0.05) is 54.8 Å². The molecule has 8 nitrogen and oxygen atoms in total. The number of aromatic nitrogens is 1. The van der Waals surface area contributed by atoms with Gasteiger partial charge in [0.05, 0.1) is 28.0 Å². The summed E-state index contributed by atoms with van der Waals surface area (Å²) in [4.78, 5) is 31.2. The Morgan fingerprint density at radius 2 is 1.92 bits per heavy atom. The number of carbonyl (C=O) groups is 1. The molecule has 186 valence electrons. The summed E-state index contributed by atoms with van der Waals surface area (Å²) >= 11 is 0. The zero-order chi connectivity index (χ0) is 25.6. The number of hydrogen-bond donors (Lipinski definition) is 1. The Hall–Kier alpha value is -4.15. The number of nitrogens with zero attached hydrogens (tertiary/aromatic N) is 4. The number of nitro groups is 1. The van der Waals surface area contributed by atoms with Crippen LogP contribution in [-0.2, 0) is 4.79 Å². The van der Waals surface area contributed by atoms with Gasteiger partial charge >= 0.3 is 12.1 Å². The van der Waals surface area contributed by atoms with Crippen molar-refractivity contribution in [3.8, 4) is 11.3 Å². The second-order valence-electron chi connectivity index (χ2n) is 8.84. The number of non-ortho nitro benzene ring substituents is 1. The summed E-state index contributed by atoms with van der Waals surface area (Å²) in [5.74, 6) is -1.96. The summed E-state index contributed by atoms with van der Waals surface area (Å²) in [5.41, 5.74) is 4.38. The van der Waals surface area contributed by atoms with E-state index in [0.29, 0.717) is 24.3 Å². The third kappa shape index (κ3) is 4.10. The van der Waals surface area contributed by atoms with Crippen LogP contribution < -0.4 is 15.1 Å². The van der Waals surface area contributed by atoms with Crippen LogP contribution in [0.25, 0.3) is 11.3 Å². The second kappa shape index (κ2) is 8.81. The number of nitro benzene ring substituents is 1. The third-order valence-electron chi connectivity index (χ3n) is 6.75. The SMILES string of the molecule is CN1c2cc([N+](=O)[O-])ccc2N2CC[C@H](NC(=O)C(F)(F)F)C[C@H]2c2c(-c3ccccn3)cccc21. The molecule has 1 fully saturated rings. The minimum absolute atomic E-state index is 0.0613. The highest BCUT2D eigenvalue weighted by Crippen LogP contribution is 2.51. The molecule has 3 heterocycles. The molecule has 11 heteroatoms. The molecular weight excluding hydrogens is 475 g/mol. The van der Waals surface area contributed by atoms with Crippen molar-refractivity contribution in [3.05, 3.63) is 76.5 Å². The van der Waals surface area contributed by atoms with Gasteiger partial charge in [-0.3, -0.25) is 19.9 Å². The van der Waals surface area contributed by atoms with E-state index in [1.54, 1.807) is 18.3 Å². The first-order valence-corrected chi connectivity index (χ1v) is 11.4. The molecule has 3 aromatic rings. The third-order valence-corrected chi connectivity index (χ3v) is 6.75. The molecule has 1 aromatic heterocycles. The number of benzene rings is 2. The van der Waals surface area contributed by atoms with E-state index < -0.39 is 29.1 Å². The Labute approximate surface area is 204 Å². The van der Waals surface area contributed by atoms with Gasteiger partial charge in [0.15, 0.2) is 0 Å². The summed E-state index contributed by atoms with van der Waals surface area (Å²) in [6, 6.07) is 14.7. The number of anilines is 3. The highest BCUT2D eigenvalue weighted by atomic mass is 19.4. The van der Waals surface area contributed by atoms with Crippen LogP contribution in [0.2, 0.25) is 0 Å². The van der Waals surface area contributed by atoms with Crippen LogP contribution in [0.15, 0.2) is 60.8 Å². The number of alkyl halides is 3. The molecule has 0 saturated carbocycles. The maximum Gasteiger partial charge on any atom is 0.471 e. The predicted molar refractivity (Wildman–Crippen MR) is 128 cm³/mol. The lowest BCUT2D eigenvalue weighted by Gasteiger charge is -2.41. The maximum absolute atomic E-state index is 13.0. The van der Waals surface area contributed by atoms with E-state index in [2.05, 4.69) is 15.2 Å². The number of nitrogens with one attached hydrogen (secondary N) is 1. The molecule has 2 aliphatic heterocycles. The topological polar surface area (TPSA) is 91.6 Å². The molecule has 2 aromatic carbocycles. The predicted octanol–water partition coefficient (Wildman–Crippen LogP) is 5.13. The number of piperidine rings is 1. The van der Waals surface area contributed by atoms with E-state index in [1.807, 2.05) is 42.3 Å². The molecule has 36 heavy (non-hydrogen) atoms. The summed E-state index contributed by atoms with van der Waals surface area (Å²) in [6.07, 6.45) is -2.79. The van der Waals surface area contributed by atoms with E-state index in [9.17, 15) is 28.1 Å². The number of hydrogen-bond acceptors (Lipinski definition) is 6. The Balaban J connectivity index is 1.67. The summed E-state index contributed by atoms with van der Waals surface area (Å²) in [7, 11) is 1.81. The highest BCUT2D eigenvalue weighted by Gasteiger charge is 2.43. The van der Waals surface area contributed by atoms with Crippen molar-refractivity contribution in [1.82, 2.24) is 10.3 Å². The van der Waals surface area contributed by atoms with Crippen LogP contribution >= 0.6 is 0 Å². The lowest BCUT2D eigenvalue weighted by molar-refractivity contribution is -0.384. The Morgan fingerprint density at radius 1 is 1.11 bits per heavy atom. The number of carbonyl (C=O) groups excluding carboxylic acids is 1. The van der Waals surface area contributed by atoms with Crippen LogP contribution in [-0.4, -0.2) is 41.6 Å². The molecule has 5 rings (SSSR count). The first-order chi connectivity index (χ1) is 17.1. The molecule has 2 aliphatic rings. The lowest BCUT2D eigenvalue weighted by Crippen LogP contribution is -2.49. The summed E-state index contributed by atoms with van der Waals surface area (Å²) in [6.45, 7) is 0.349. The van der Waals surface area contributed by atoms with Gasteiger partial charge in [-0.15, -0.1) is 0 Å². The molecule has 1 amide bonds. The second-order valence-corrected chi connectivity index (χ2v) is 8.84. The monoisotopic (exact) mass is 497 g/mol.